The van der Waals surface area contributed by atoms with E-state index in [9.17, 15) is 8.78 Å². The van der Waals surface area contributed by atoms with Crippen molar-refractivity contribution in [1.82, 2.24) is 25.1 Å². The lowest BCUT2D eigenvalue weighted by Crippen LogP contribution is -2.48. The molecule has 168 valence electrons. The molecular formula is C23H26F2N6O. The van der Waals surface area contributed by atoms with Gasteiger partial charge in [-0.3, -0.25) is 4.90 Å². The van der Waals surface area contributed by atoms with Crippen molar-refractivity contribution in [2.24, 2.45) is 0 Å². The molecule has 7 nitrogen and oxygen atoms in total. The second-order valence-corrected chi connectivity index (χ2v) is 8.31. The zero-order valence-electron chi connectivity index (χ0n) is 17.8. The van der Waals surface area contributed by atoms with E-state index in [0.717, 1.165) is 62.7 Å². The molecule has 0 spiro atoms. The maximum Gasteiger partial charge on any atom is 0.173 e. The van der Waals surface area contributed by atoms with E-state index >= 15 is 0 Å². The number of hydrogen-bond donors (Lipinski definition) is 0. The van der Waals surface area contributed by atoms with Crippen molar-refractivity contribution in [3.63, 3.8) is 0 Å². The average Bonchev–Trinajstić information content (AvgIpc) is 3.49. The van der Waals surface area contributed by atoms with E-state index in [1.807, 2.05) is 16.8 Å². The van der Waals surface area contributed by atoms with E-state index in [-0.39, 0.29) is 23.8 Å². The summed E-state index contributed by atoms with van der Waals surface area (Å²) in [7, 11) is 0. The molecule has 2 aliphatic heterocycles. The van der Waals surface area contributed by atoms with Crippen LogP contribution in [0.2, 0.25) is 0 Å². The fraction of sp³-hybridized carbons (Fsp3) is 0.435. The van der Waals surface area contributed by atoms with Crippen molar-refractivity contribution in [1.29, 1.82) is 0 Å². The summed E-state index contributed by atoms with van der Waals surface area (Å²) in [6.07, 6.45) is 2.16. The maximum atomic E-state index is 13.6. The minimum Gasteiger partial charge on any atom is -0.376 e. The first kappa shape index (κ1) is 21.0. The molecule has 0 N–H and O–H groups in total. The Morgan fingerprint density at radius 1 is 0.938 bits per heavy atom. The van der Waals surface area contributed by atoms with E-state index in [1.54, 1.807) is 12.1 Å². The number of nitrogens with zero attached hydrogens (tertiary/aromatic N) is 6. The Labute approximate surface area is 185 Å². The second-order valence-electron chi connectivity index (χ2n) is 8.31. The standard InChI is InChI=1S/C23H26F2N6O/c24-18-5-3-17(4-6-18)22(23-26-27-28-31(23)16-21-2-1-15-32-21)30-13-11-29(12-14-30)20-9-7-19(25)8-10-20/h3-10,21-22H,1-2,11-16H2/t21-,22+/m1/s1. The third kappa shape index (κ3) is 4.49. The molecule has 3 heterocycles. The Kier molecular flexibility index (Phi) is 6.09. The summed E-state index contributed by atoms with van der Waals surface area (Å²) in [5.41, 5.74) is 1.96. The van der Waals surface area contributed by atoms with Crippen molar-refractivity contribution in [3.05, 3.63) is 71.6 Å². The molecule has 2 fully saturated rings. The van der Waals surface area contributed by atoms with Gasteiger partial charge in [-0.25, -0.2) is 13.5 Å². The fourth-order valence-corrected chi connectivity index (χ4v) is 4.58. The smallest absolute Gasteiger partial charge is 0.173 e. The molecule has 32 heavy (non-hydrogen) atoms. The first-order valence-corrected chi connectivity index (χ1v) is 11.0. The third-order valence-electron chi connectivity index (χ3n) is 6.26. The summed E-state index contributed by atoms with van der Waals surface area (Å²) in [5, 5.41) is 12.6. The zero-order valence-corrected chi connectivity index (χ0v) is 17.8. The first-order valence-electron chi connectivity index (χ1n) is 11.0. The molecule has 0 saturated carbocycles. The number of aromatic nitrogens is 4. The van der Waals surface area contributed by atoms with Crippen LogP contribution in [-0.2, 0) is 11.3 Å². The van der Waals surface area contributed by atoms with Gasteiger partial charge in [-0.05, 0) is 65.2 Å². The molecule has 0 radical (unpaired) electrons. The van der Waals surface area contributed by atoms with Crippen molar-refractivity contribution in [2.75, 3.05) is 37.7 Å². The maximum absolute atomic E-state index is 13.6. The average molecular weight is 440 g/mol. The van der Waals surface area contributed by atoms with Gasteiger partial charge in [-0.1, -0.05) is 12.1 Å². The number of rotatable bonds is 6. The number of ether oxygens (including phenoxy) is 1. The number of hydrogen-bond acceptors (Lipinski definition) is 6. The third-order valence-corrected chi connectivity index (χ3v) is 6.26. The van der Waals surface area contributed by atoms with Gasteiger partial charge in [0.05, 0.1) is 18.7 Å². The minimum atomic E-state index is -0.271. The lowest BCUT2D eigenvalue weighted by molar-refractivity contribution is 0.0906. The van der Waals surface area contributed by atoms with Crippen LogP contribution in [0.25, 0.3) is 0 Å². The lowest BCUT2D eigenvalue weighted by Gasteiger charge is -2.40. The number of halogens is 2. The lowest BCUT2D eigenvalue weighted by atomic mass is 10.0. The van der Waals surface area contributed by atoms with Gasteiger partial charge in [-0.15, -0.1) is 5.10 Å². The van der Waals surface area contributed by atoms with Gasteiger partial charge in [-0.2, -0.15) is 0 Å². The van der Waals surface area contributed by atoms with Crippen molar-refractivity contribution < 1.29 is 13.5 Å². The molecule has 0 aliphatic carbocycles. The largest absolute Gasteiger partial charge is 0.376 e. The van der Waals surface area contributed by atoms with Crippen LogP contribution >= 0.6 is 0 Å². The van der Waals surface area contributed by atoms with Crippen LogP contribution in [0.4, 0.5) is 14.5 Å². The van der Waals surface area contributed by atoms with Crippen LogP contribution in [0.3, 0.4) is 0 Å². The Morgan fingerprint density at radius 2 is 1.62 bits per heavy atom. The van der Waals surface area contributed by atoms with Crippen LogP contribution in [-0.4, -0.2) is 64.0 Å². The van der Waals surface area contributed by atoms with Gasteiger partial charge < -0.3 is 9.64 Å². The molecule has 0 amide bonds. The molecule has 2 saturated heterocycles. The molecule has 9 heteroatoms. The number of benzene rings is 2. The van der Waals surface area contributed by atoms with Crippen molar-refractivity contribution in [3.8, 4) is 0 Å². The molecule has 3 aromatic rings. The van der Waals surface area contributed by atoms with Crippen LogP contribution in [0, 0.1) is 11.6 Å². The van der Waals surface area contributed by atoms with Gasteiger partial charge >= 0.3 is 0 Å². The van der Waals surface area contributed by atoms with Gasteiger partial charge in [0.15, 0.2) is 5.82 Å². The van der Waals surface area contributed by atoms with Crippen molar-refractivity contribution >= 4 is 5.69 Å². The van der Waals surface area contributed by atoms with E-state index in [2.05, 4.69) is 25.3 Å². The highest BCUT2D eigenvalue weighted by molar-refractivity contribution is 5.46. The Hall–Kier alpha value is -2.91. The SMILES string of the molecule is Fc1ccc([C@@H](c2nnnn2C[C@H]2CCCO2)N2CCN(c3ccc(F)cc3)CC2)cc1. The summed E-state index contributed by atoms with van der Waals surface area (Å²) in [4.78, 5) is 4.57. The molecule has 0 unspecified atom stereocenters. The molecular weight excluding hydrogens is 414 g/mol. The Bertz CT molecular complexity index is 1010. The highest BCUT2D eigenvalue weighted by Crippen LogP contribution is 2.30. The normalized spacial score (nSPS) is 20.6. The van der Waals surface area contributed by atoms with E-state index in [4.69, 9.17) is 4.74 Å². The van der Waals surface area contributed by atoms with Gasteiger partial charge in [0.2, 0.25) is 0 Å². The number of anilines is 1. The van der Waals surface area contributed by atoms with Crippen LogP contribution < -0.4 is 4.90 Å². The first-order chi connectivity index (χ1) is 15.7. The molecule has 5 rings (SSSR count). The van der Waals surface area contributed by atoms with Crippen LogP contribution in [0.5, 0.6) is 0 Å². The topological polar surface area (TPSA) is 59.3 Å². The number of tetrazole rings is 1. The van der Waals surface area contributed by atoms with E-state index in [1.165, 1.54) is 24.3 Å². The molecule has 2 aliphatic rings. The zero-order chi connectivity index (χ0) is 21.9. The van der Waals surface area contributed by atoms with Crippen molar-refractivity contribution in [2.45, 2.75) is 31.5 Å². The fourth-order valence-electron chi connectivity index (χ4n) is 4.58. The molecule has 2 aromatic carbocycles. The van der Waals surface area contributed by atoms with Crippen LogP contribution in [0.1, 0.15) is 30.3 Å². The van der Waals surface area contributed by atoms with Gasteiger partial charge in [0.1, 0.15) is 11.6 Å². The number of piperazine rings is 1. The predicted molar refractivity (Wildman–Crippen MR) is 115 cm³/mol. The summed E-state index contributed by atoms with van der Waals surface area (Å²) in [6, 6.07) is 13.0. The van der Waals surface area contributed by atoms with Gasteiger partial charge in [0, 0.05) is 38.5 Å². The molecule has 0 bridgehead atoms. The summed E-state index contributed by atoms with van der Waals surface area (Å²) >= 11 is 0. The Balaban J connectivity index is 1.38. The summed E-state index contributed by atoms with van der Waals surface area (Å²) in [6.45, 7) is 4.50. The highest BCUT2D eigenvalue weighted by Gasteiger charge is 2.31. The monoisotopic (exact) mass is 440 g/mol. The summed E-state index contributed by atoms with van der Waals surface area (Å²) in [5.74, 6) is 0.233. The molecule has 1 aromatic heterocycles. The quantitative estimate of drug-likeness (QED) is 0.587. The second kappa shape index (κ2) is 9.30. The van der Waals surface area contributed by atoms with E-state index in [0.29, 0.717) is 6.54 Å². The predicted octanol–water partition coefficient (Wildman–Crippen LogP) is 3.04. The molecule has 2 atom stereocenters. The minimum absolute atomic E-state index is 0.112. The Morgan fingerprint density at radius 3 is 2.28 bits per heavy atom. The summed E-state index contributed by atoms with van der Waals surface area (Å²) < 4.78 is 34.6. The van der Waals surface area contributed by atoms with Crippen LogP contribution in [0.15, 0.2) is 48.5 Å². The van der Waals surface area contributed by atoms with Gasteiger partial charge in [0.25, 0.3) is 0 Å². The highest BCUT2D eigenvalue weighted by atomic mass is 19.1. The van der Waals surface area contributed by atoms with E-state index < -0.39 is 0 Å².